The second kappa shape index (κ2) is 9.69. The number of nitrogens with one attached hydrogen (secondary N) is 1. The first-order valence-corrected chi connectivity index (χ1v) is 9.82. The fraction of sp³-hybridized carbons (Fsp3) is 0.211. The standard InChI is InChI=1S/C19H20N6O3S/c1-13-3-5-15(6-4-13)25-16(14-7-9-21-10-8-14)23-24-18(25)29-12-2-11-28-19(27)22-17(20)26/h3-10H,2,11-12H2,1H3,(H3,20,22,26,27). The van der Waals surface area contributed by atoms with E-state index in [4.69, 9.17) is 10.5 Å². The maximum atomic E-state index is 11.2. The van der Waals surface area contributed by atoms with Gasteiger partial charge in [-0.05, 0) is 37.6 Å². The zero-order valence-electron chi connectivity index (χ0n) is 15.7. The van der Waals surface area contributed by atoms with Gasteiger partial charge in [-0.2, -0.15) is 0 Å². The number of amides is 3. The molecule has 3 rings (SSSR count). The second-order valence-corrected chi connectivity index (χ2v) is 7.10. The number of hydrogen-bond donors (Lipinski definition) is 2. The van der Waals surface area contributed by atoms with Crippen molar-refractivity contribution in [3.8, 4) is 17.1 Å². The van der Waals surface area contributed by atoms with Gasteiger partial charge in [-0.1, -0.05) is 29.5 Å². The van der Waals surface area contributed by atoms with Gasteiger partial charge in [0.2, 0.25) is 0 Å². The lowest BCUT2D eigenvalue weighted by Crippen LogP contribution is -2.35. The number of alkyl carbamates (subject to hydrolysis) is 1. The van der Waals surface area contributed by atoms with Gasteiger partial charge in [-0.3, -0.25) is 9.55 Å². The van der Waals surface area contributed by atoms with Crippen LogP contribution < -0.4 is 11.1 Å². The molecule has 0 aliphatic carbocycles. The number of hydrogen-bond acceptors (Lipinski definition) is 7. The van der Waals surface area contributed by atoms with E-state index in [2.05, 4.69) is 15.2 Å². The normalized spacial score (nSPS) is 10.5. The van der Waals surface area contributed by atoms with Gasteiger partial charge in [0.1, 0.15) is 0 Å². The molecule has 0 aliphatic rings. The lowest BCUT2D eigenvalue weighted by atomic mass is 10.2. The summed E-state index contributed by atoms with van der Waals surface area (Å²) in [7, 11) is 0. The van der Waals surface area contributed by atoms with E-state index in [0.717, 1.165) is 27.8 Å². The van der Waals surface area contributed by atoms with Crippen LogP contribution in [0.4, 0.5) is 9.59 Å². The van der Waals surface area contributed by atoms with Crippen molar-refractivity contribution in [2.75, 3.05) is 12.4 Å². The molecule has 1 aromatic carbocycles. The molecule has 3 amide bonds. The highest BCUT2D eigenvalue weighted by molar-refractivity contribution is 7.99. The lowest BCUT2D eigenvalue weighted by Gasteiger charge is -2.11. The summed E-state index contributed by atoms with van der Waals surface area (Å²) in [6.07, 6.45) is 3.14. The second-order valence-electron chi connectivity index (χ2n) is 6.04. The molecular formula is C19H20N6O3S. The van der Waals surface area contributed by atoms with Gasteiger partial charge in [0.05, 0.1) is 6.61 Å². The van der Waals surface area contributed by atoms with Gasteiger partial charge in [0.25, 0.3) is 0 Å². The number of rotatable bonds is 7. The van der Waals surface area contributed by atoms with Gasteiger partial charge >= 0.3 is 12.1 Å². The molecule has 0 fully saturated rings. The summed E-state index contributed by atoms with van der Waals surface area (Å²) in [5.74, 6) is 1.36. The van der Waals surface area contributed by atoms with Gasteiger partial charge < -0.3 is 10.5 Å². The van der Waals surface area contributed by atoms with Crippen LogP contribution >= 0.6 is 11.8 Å². The minimum absolute atomic E-state index is 0.155. The SMILES string of the molecule is Cc1ccc(-n2c(SCCCOC(=O)NC(N)=O)nnc2-c2ccncc2)cc1. The van der Waals surface area contributed by atoms with Crippen LogP contribution in [-0.4, -0.2) is 44.2 Å². The Bertz CT molecular complexity index is 975. The van der Waals surface area contributed by atoms with Gasteiger partial charge in [0.15, 0.2) is 11.0 Å². The number of carbonyl (C=O) groups excluding carboxylic acids is 2. The van der Waals surface area contributed by atoms with Gasteiger partial charge in [-0.25, -0.2) is 14.9 Å². The van der Waals surface area contributed by atoms with Crippen molar-refractivity contribution in [3.63, 3.8) is 0 Å². The Morgan fingerprint density at radius 1 is 1.14 bits per heavy atom. The predicted octanol–water partition coefficient (Wildman–Crippen LogP) is 2.92. The van der Waals surface area contributed by atoms with Gasteiger partial charge in [-0.15, -0.1) is 10.2 Å². The number of nitrogens with two attached hydrogens (primary N) is 1. The van der Waals surface area contributed by atoms with Crippen molar-refractivity contribution >= 4 is 23.9 Å². The first-order chi connectivity index (χ1) is 14.0. The highest BCUT2D eigenvalue weighted by Gasteiger charge is 2.16. The summed E-state index contributed by atoms with van der Waals surface area (Å²) in [6, 6.07) is 10.9. The van der Waals surface area contributed by atoms with Crippen molar-refractivity contribution in [2.45, 2.75) is 18.5 Å². The molecule has 3 N–H and O–H groups in total. The average molecular weight is 412 g/mol. The molecule has 10 heteroatoms. The third-order valence-corrected chi connectivity index (χ3v) is 4.86. The van der Waals surface area contributed by atoms with Crippen molar-refractivity contribution in [3.05, 3.63) is 54.4 Å². The van der Waals surface area contributed by atoms with Crippen LogP contribution in [0.2, 0.25) is 0 Å². The molecule has 150 valence electrons. The molecular weight excluding hydrogens is 392 g/mol. The Morgan fingerprint density at radius 3 is 2.55 bits per heavy atom. The number of thioether (sulfide) groups is 1. The Kier molecular flexibility index (Phi) is 6.80. The Morgan fingerprint density at radius 2 is 1.86 bits per heavy atom. The molecule has 2 heterocycles. The summed E-state index contributed by atoms with van der Waals surface area (Å²) in [4.78, 5) is 25.9. The van der Waals surface area contributed by atoms with E-state index in [1.807, 2.05) is 53.2 Å². The number of benzene rings is 1. The average Bonchev–Trinajstić information content (AvgIpc) is 3.12. The van der Waals surface area contributed by atoms with Crippen molar-refractivity contribution in [2.24, 2.45) is 5.73 Å². The number of aromatic nitrogens is 4. The van der Waals surface area contributed by atoms with E-state index in [9.17, 15) is 9.59 Å². The largest absolute Gasteiger partial charge is 0.449 e. The molecule has 0 atom stereocenters. The fourth-order valence-electron chi connectivity index (χ4n) is 2.50. The fourth-order valence-corrected chi connectivity index (χ4v) is 3.37. The van der Waals surface area contributed by atoms with Gasteiger partial charge in [0, 0.05) is 29.4 Å². The van der Waals surface area contributed by atoms with Crippen LogP contribution in [0.5, 0.6) is 0 Å². The Balaban J connectivity index is 1.72. The van der Waals surface area contributed by atoms with Crippen LogP contribution in [0.15, 0.2) is 53.9 Å². The van der Waals surface area contributed by atoms with E-state index in [1.54, 1.807) is 12.4 Å². The highest BCUT2D eigenvalue weighted by atomic mass is 32.2. The van der Waals surface area contributed by atoms with Crippen LogP contribution in [0.3, 0.4) is 0 Å². The first kappa shape index (κ1) is 20.3. The monoisotopic (exact) mass is 412 g/mol. The number of carbonyl (C=O) groups is 2. The topological polar surface area (TPSA) is 125 Å². The number of aryl methyl sites for hydroxylation is 1. The van der Waals surface area contributed by atoms with Crippen LogP contribution in [0.1, 0.15) is 12.0 Å². The minimum Gasteiger partial charge on any atom is -0.449 e. The van der Waals surface area contributed by atoms with Crippen LogP contribution in [-0.2, 0) is 4.74 Å². The summed E-state index contributed by atoms with van der Waals surface area (Å²) in [5.41, 5.74) is 7.87. The zero-order valence-corrected chi connectivity index (χ0v) is 16.6. The number of nitrogens with zero attached hydrogens (tertiary/aromatic N) is 4. The maximum Gasteiger partial charge on any atom is 0.415 e. The molecule has 0 bridgehead atoms. The molecule has 9 nitrogen and oxygen atoms in total. The maximum absolute atomic E-state index is 11.2. The molecule has 2 aromatic heterocycles. The molecule has 0 saturated heterocycles. The molecule has 0 aliphatic heterocycles. The summed E-state index contributed by atoms with van der Waals surface area (Å²) >= 11 is 1.50. The molecule has 3 aromatic rings. The van der Waals surface area contributed by atoms with E-state index < -0.39 is 12.1 Å². The van der Waals surface area contributed by atoms with Crippen molar-refractivity contribution < 1.29 is 14.3 Å². The molecule has 0 unspecified atom stereocenters. The molecule has 0 radical (unpaired) electrons. The zero-order chi connectivity index (χ0) is 20.6. The predicted molar refractivity (Wildman–Crippen MR) is 109 cm³/mol. The minimum atomic E-state index is -0.945. The Hall–Kier alpha value is -3.40. The molecule has 0 saturated carbocycles. The smallest absolute Gasteiger partial charge is 0.415 e. The van der Waals surface area contributed by atoms with Crippen molar-refractivity contribution in [1.82, 2.24) is 25.1 Å². The van der Waals surface area contributed by atoms with Crippen LogP contribution in [0, 0.1) is 6.92 Å². The first-order valence-electron chi connectivity index (χ1n) is 8.83. The van der Waals surface area contributed by atoms with Crippen molar-refractivity contribution in [1.29, 1.82) is 0 Å². The highest BCUT2D eigenvalue weighted by Crippen LogP contribution is 2.28. The van der Waals surface area contributed by atoms with E-state index in [1.165, 1.54) is 11.8 Å². The summed E-state index contributed by atoms with van der Waals surface area (Å²) in [6.45, 7) is 2.19. The number of ether oxygens (including phenoxy) is 1. The third-order valence-electron chi connectivity index (χ3n) is 3.84. The summed E-state index contributed by atoms with van der Waals surface area (Å²) < 4.78 is 6.87. The number of urea groups is 1. The summed E-state index contributed by atoms with van der Waals surface area (Å²) in [5, 5.41) is 11.3. The van der Waals surface area contributed by atoms with E-state index in [0.29, 0.717) is 12.2 Å². The molecule has 29 heavy (non-hydrogen) atoms. The molecule has 0 spiro atoms. The van der Waals surface area contributed by atoms with E-state index in [-0.39, 0.29) is 6.61 Å². The van der Waals surface area contributed by atoms with E-state index >= 15 is 0 Å². The number of pyridine rings is 1. The number of imide groups is 1. The van der Waals surface area contributed by atoms with Crippen LogP contribution in [0.25, 0.3) is 17.1 Å². The quantitative estimate of drug-likeness (QED) is 0.451. The lowest BCUT2D eigenvalue weighted by molar-refractivity contribution is 0.148. The third kappa shape index (κ3) is 5.55. The Labute approximate surface area is 171 Å². The number of primary amides is 1.